The summed E-state index contributed by atoms with van der Waals surface area (Å²) >= 11 is 0. The van der Waals surface area contributed by atoms with Crippen LogP contribution < -0.4 is 10.0 Å². The van der Waals surface area contributed by atoms with Crippen LogP contribution in [0.25, 0.3) is 0 Å². The highest BCUT2D eigenvalue weighted by atomic mass is 32.2. The van der Waals surface area contributed by atoms with Crippen molar-refractivity contribution < 1.29 is 8.42 Å². The highest BCUT2D eigenvalue weighted by molar-refractivity contribution is 7.89. The zero-order valence-electron chi connectivity index (χ0n) is 11.9. The minimum Gasteiger partial charge on any atom is -0.313 e. The van der Waals surface area contributed by atoms with Crippen molar-refractivity contribution in [3.05, 3.63) is 11.4 Å². The second kappa shape index (κ2) is 5.22. The highest BCUT2D eigenvalue weighted by Crippen LogP contribution is 2.20. The van der Waals surface area contributed by atoms with Crippen molar-refractivity contribution in [3.63, 3.8) is 0 Å². The number of aryl methyl sites for hydroxylation is 2. The van der Waals surface area contributed by atoms with Gasteiger partial charge in [0.15, 0.2) is 0 Å². The van der Waals surface area contributed by atoms with Crippen molar-refractivity contribution in [2.75, 3.05) is 6.54 Å². The predicted octanol–water partition coefficient (Wildman–Crippen LogP) is 0.456. The summed E-state index contributed by atoms with van der Waals surface area (Å²) in [7, 11) is -1.75. The zero-order chi connectivity index (χ0) is 14.2. The first kappa shape index (κ1) is 14.5. The van der Waals surface area contributed by atoms with Crippen LogP contribution in [0.2, 0.25) is 0 Å². The Hall–Kier alpha value is -0.920. The molecule has 0 aliphatic carbocycles. The Balaban J connectivity index is 2.27. The molecule has 7 heteroatoms. The summed E-state index contributed by atoms with van der Waals surface area (Å²) < 4.78 is 29.4. The lowest BCUT2D eigenvalue weighted by Gasteiger charge is -2.30. The molecule has 0 amide bonds. The maximum atomic E-state index is 12.5. The molecule has 2 rings (SSSR count). The van der Waals surface area contributed by atoms with Crippen molar-refractivity contribution in [2.24, 2.45) is 7.05 Å². The molecule has 1 aliphatic rings. The van der Waals surface area contributed by atoms with Crippen LogP contribution in [0.1, 0.15) is 31.2 Å². The monoisotopic (exact) mass is 286 g/mol. The molecule has 1 aromatic rings. The number of nitrogens with one attached hydrogen (secondary N) is 2. The molecule has 1 aromatic heterocycles. The summed E-state index contributed by atoms with van der Waals surface area (Å²) in [4.78, 5) is 0.313. The zero-order valence-corrected chi connectivity index (χ0v) is 12.7. The standard InChI is InChI=1S/C12H22N4O2S/c1-8-11(6-5-7-13-8)15-19(17,18)12-9(2)14-16(4)10(12)3/h8,11,13,15H,5-7H2,1-4H3. The molecule has 6 nitrogen and oxygen atoms in total. The minimum absolute atomic E-state index is 0.0576. The van der Waals surface area contributed by atoms with E-state index in [1.165, 1.54) is 0 Å². The van der Waals surface area contributed by atoms with Gasteiger partial charge in [-0.05, 0) is 40.2 Å². The molecule has 2 atom stereocenters. The van der Waals surface area contributed by atoms with E-state index in [1.54, 1.807) is 25.6 Å². The molecule has 0 saturated carbocycles. The Labute approximate surface area is 114 Å². The van der Waals surface area contributed by atoms with Crippen LogP contribution >= 0.6 is 0 Å². The van der Waals surface area contributed by atoms with Crippen LogP contribution in [0.5, 0.6) is 0 Å². The van der Waals surface area contributed by atoms with Crippen LogP contribution in [0.3, 0.4) is 0 Å². The number of piperidine rings is 1. The number of aromatic nitrogens is 2. The molecular formula is C12H22N4O2S. The van der Waals surface area contributed by atoms with E-state index in [1.807, 2.05) is 6.92 Å². The molecule has 0 aromatic carbocycles. The average Bonchev–Trinajstić information content (AvgIpc) is 2.56. The third-order valence-electron chi connectivity index (χ3n) is 3.78. The molecule has 19 heavy (non-hydrogen) atoms. The molecule has 2 unspecified atom stereocenters. The first-order chi connectivity index (χ1) is 8.83. The fraction of sp³-hybridized carbons (Fsp3) is 0.750. The smallest absolute Gasteiger partial charge is 0.244 e. The van der Waals surface area contributed by atoms with Gasteiger partial charge in [0.1, 0.15) is 4.90 Å². The Bertz CT molecular complexity index is 565. The molecule has 1 saturated heterocycles. The minimum atomic E-state index is -3.51. The van der Waals surface area contributed by atoms with Gasteiger partial charge in [0.05, 0.1) is 11.4 Å². The molecule has 108 valence electrons. The average molecular weight is 286 g/mol. The van der Waals surface area contributed by atoms with Gasteiger partial charge in [0.25, 0.3) is 0 Å². The molecular weight excluding hydrogens is 264 g/mol. The van der Waals surface area contributed by atoms with Crippen molar-refractivity contribution in [2.45, 2.75) is 50.6 Å². The van der Waals surface area contributed by atoms with Gasteiger partial charge in [-0.2, -0.15) is 5.10 Å². The Morgan fingerprint density at radius 2 is 2.11 bits per heavy atom. The molecule has 0 radical (unpaired) electrons. The molecule has 2 N–H and O–H groups in total. The van der Waals surface area contributed by atoms with E-state index in [9.17, 15) is 8.42 Å². The lowest BCUT2D eigenvalue weighted by Crippen LogP contribution is -2.51. The highest BCUT2D eigenvalue weighted by Gasteiger charge is 2.30. The van der Waals surface area contributed by atoms with Gasteiger partial charge in [-0.25, -0.2) is 13.1 Å². The van der Waals surface area contributed by atoms with Crippen LogP contribution in [0.15, 0.2) is 4.90 Å². The largest absolute Gasteiger partial charge is 0.313 e. The van der Waals surface area contributed by atoms with Crippen LogP contribution in [-0.2, 0) is 17.1 Å². The van der Waals surface area contributed by atoms with Gasteiger partial charge in [0.2, 0.25) is 10.0 Å². The normalized spacial score (nSPS) is 24.6. The van der Waals surface area contributed by atoms with E-state index in [0.29, 0.717) is 16.3 Å². The van der Waals surface area contributed by atoms with E-state index in [0.717, 1.165) is 19.4 Å². The van der Waals surface area contributed by atoms with Crippen molar-refractivity contribution >= 4 is 10.0 Å². The van der Waals surface area contributed by atoms with Gasteiger partial charge in [0, 0.05) is 19.1 Å². The number of rotatable bonds is 3. The molecule has 2 heterocycles. The second-order valence-electron chi connectivity index (χ2n) is 5.24. The first-order valence-corrected chi connectivity index (χ1v) is 8.07. The van der Waals surface area contributed by atoms with Crippen LogP contribution in [-0.4, -0.2) is 36.8 Å². The molecule has 0 bridgehead atoms. The van der Waals surface area contributed by atoms with Crippen molar-refractivity contribution in [1.29, 1.82) is 0 Å². The van der Waals surface area contributed by atoms with Gasteiger partial charge in [-0.15, -0.1) is 0 Å². The summed E-state index contributed by atoms with van der Waals surface area (Å²) in [6, 6.07) is 0.0959. The Morgan fingerprint density at radius 3 is 2.63 bits per heavy atom. The lowest BCUT2D eigenvalue weighted by atomic mass is 10.0. The van der Waals surface area contributed by atoms with Gasteiger partial charge >= 0.3 is 0 Å². The molecule has 1 aliphatic heterocycles. The van der Waals surface area contributed by atoms with Crippen molar-refractivity contribution in [1.82, 2.24) is 19.8 Å². The van der Waals surface area contributed by atoms with E-state index >= 15 is 0 Å². The van der Waals surface area contributed by atoms with Crippen molar-refractivity contribution in [3.8, 4) is 0 Å². The maximum absolute atomic E-state index is 12.5. The van der Waals surface area contributed by atoms with E-state index in [4.69, 9.17) is 0 Å². The fourth-order valence-electron chi connectivity index (χ4n) is 2.61. The fourth-order valence-corrected chi connectivity index (χ4v) is 4.40. The van der Waals surface area contributed by atoms with E-state index in [2.05, 4.69) is 15.1 Å². The summed E-state index contributed by atoms with van der Waals surface area (Å²) in [5.41, 5.74) is 1.21. The topological polar surface area (TPSA) is 76.0 Å². The van der Waals surface area contributed by atoms with Gasteiger partial charge < -0.3 is 5.32 Å². The summed E-state index contributed by atoms with van der Waals surface area (Å²) in [6.07, 6.45) is 1.86. The predicted molar refractivity (Wildman–Crippen MR) is 73.5 cm³/mol. The number of hydrogen-bond donors (Lipinski definition) is 2. The molecule has 0 spiro atoms. The van der Waals surface area contributed by atoms with Crippen LogP contribution in [0.4, 0.5) is 0 Å². The summed E-state index contributed by atoms with van der Waals surface area (Å²) in [6.45, 7) is 6.46. The second-order valence-corrected chi connectivity index (χ2v) is 6.89. The summed E-state index contributed by atoms with van der Waals surface area (Å²) in [5, 5.41) is 7.46. The quantitative estimate of drug-likeness (QED) is 0.846. The first-order valence-electron chi connectivity index (χ1n) is 6.59. The van der Waals surface area contributed by atoms with Gasteiger partial charge in [-0.1, -0.05) is 0 Å². The Morgan fingerprint density at radius 1 is 1.42 bits per heavy atom. The maximum Gasteiger partial charge on any atom is 0.244 e. The third-order valence-corrected chi connectivity index (χ3v) is 5.52. The Kier molecular flexibility index (Phi) is 3.98. The third kappa shape index (κ3) is 2.82. The van der Waals surface area contributed by atoms with E-state index < -0.39 is 10.0 Å². The number of sulfonamides is 1. The SMILES string of the molecule is Cc1nn(C)c(C)c1S(=O)(=O)NC1CCCNC1C. The van der Waals surface area contributed by atoms with Gasteiger partial charge in [-0.3, -0.25) is 4.68 Å². The lowest BCUT2D eigenvalue weighted by molar-refractivity contribution is 0.348. The number of hydrogen-bond acceptors (Lipinski definition) is 4. The summed E-state index contributed by atoms with van der Waals surface area (Å²) in [5.74, 6) is 0. The van der Waals surface area contributed by atoms with E-state index in [-0.39, 0.29) is 12.1 Å². The molecule has 1 fully saturated rings. The van der Waals surface area contributed by atoms with Crippen LogP contribution in [0, 0.1) is 13.8 Å². The number of nitrogens with zero attached hydrogens (tertiary/aromatic N) is 2.